The van der Waals surface area contributed by atoms with Crippen LogP contribution in [0.1, 0.15) is 37.3 Å². The molecule has 1 fully saturated rings. The van der Waals surface area contributed by atoms with E-state index in [2.05, 4.69) is 30.3 Å². The SMILES string of the molecule is Cc1noc(-c2ccc(N3CCC[C@@H](C(=O)N[C@@H](C)c4ccccn4)C3)nc2)n1. The van der Waals surface area contributed by atoms with Crippen molar-refractivity contribution in [2.24, 2.45) is 5.92 Å². The lowest BCUT2D eigenvalue weighted by Crippen LogP contribution is -2.44. The molecule has 8 nitrogen and oxygen atoms in total. The van der Waals surface area contributed by atoms with Crippen LogP contribution in [-0.2, 0) is 4.79 Å². The van der Waals surface area contributed by atoms with Gasteiger partial charge >= 0.3 is 0 Å². The highest BCUT2D eigenvalue weighted by molar-refractivity contribution is 5.80. The summed E-state index contributed by atoms with van der Waals surface area (Å²) in [6.07, 6.45) is 5.29. The summed E-state index contributed by atoms with van der Waals surface area (Å²) in [4.78, 5) is 28.0. The Balaban J connectivity index is 1.39. The molecule has 1 amide bonds. The number of hydrogen-bond acceptors (Lipinski definition) is 7. The lowest BCUT2D eigenvalue weighted by molar-refractivity contribution is -0.125. The summed E-state index contributed by atoms with van der Waals surface area (Å²) in [5, 5.41) is 6.90. The van der Waals surface area contributed by atoms with E-state index in [1.54, 1.807) is 19.3 Å². The summed E-state index contributed by atoms with van der Waals surface area (Å²) in [6.45, 7) is 5.27. The maximum atomic E-state index is 12.8. The molecule has 0 radical (unpaired) electrons. The molecule has 0 unspecified atom stereocenters. The molecule has 8 heteroatoms. The molecule has 3 aromatic heterocycles. The topological polar surface area (TPSA) is 97.0 Å². The number of nitrogens with zero attached hydrogens (tertiary/aromatic N) is 5. The van der Waals surface area contributed by atoms with Crippen LogP contribution < -0.4 is 10.2 Å². The minimum absolute atomic E-state index is 0.0609. The van der Waals surface area contributed by atoms with Gasteiger partial charge < -0.3 is 14.7 Å². The van der Waals surface area contributed by atoms with E-state index in [-0.39, 0.29) is 17.9 Å². The smallest absolute Gasteiger partial charge is 0.259 e. The third kappa shape index (κ3) is 4.42. The first-order chi connectivity index (χ1) is 14.1. The number of rotatable bonds is 5. The van der Waals surface area contributed by atoms with E-state index in [4.69, 9.17) is 4.52 Å². The molecular formula is C21H24N6O2. The predicted molar refractivity (Wildman–Crippen MR) is 108 cm³/mol. The van der Waals surface area contributed by atoms with Crippen molar-refractivity contribution in [1.82, 2.24) is 25.4 Å². The third-order valence-corrected chi connectivity index (χ3v) is 5.13. The molecule has 0 bridgehead atoms. The summed E-state index contributed by atoms with van der Waals surface area (Å²) >= 11 is 0. The van der Waals surface area contributed by atoms with Gasteiger partial charge in [0, 0.05) is 25.5 Å². The van der Waals surface area contributed by atoms with Crippen molar-refractivity contribution < 1.29 is 9.32 Å². The molecule has 0 aliphatic carbocycles. The minimum atomic E-state index is -0.116. The molecular weight excluding hydrogens is 368 g/mol. The van der Waals surface area contributed by atoms with E-state index in [0.717, 1.165) is 36.5 Å². The maximum Gasteiger partial charge on any atom is 0.259 e. The van der Waals surface area contributed by atoms with E-state index in [0.29, 0.717) is 18.3 Å². The zero-order valence-electron chi connectivity index (χ0n) is 16.6. The first kappa shape index (κ1) is 19.0. The van der Waals surface area contributed by atoms with E-state index in [9.17, 15) is 4.79 Å². The second kappa shape index (κ2) is 8.38. The van der Waals surface area contributed by atoms with Crippen molar-refractivity contribution in [3.8, 4) is 11.5 Å². The highest BCUT2D eigenvalue weighted by Crippen LogP contribution is 2.24. The fourth-order valence-electron chi connectivity index (χ4n) is 3.55. The first-order valence-corrected chi connectivity index (χ1v) is 9.83. The molecule has 150 valence electrons. The number of nitrogens with one attached hydrogen (secondary N) is 1. The van der Waals surface area contributed by atoms with Crippen molar-refractivity contribution in [1.29, 1.82) is 0 Å². The van der Waals surface area contributed by atoms with Crippen molar-refractivity contribution in [3.63, 3.8) is 0 Å². The van der Waals surface area contributed by atoms with Crippen LogP contribution in [0.3, 0.4) is 0 Å². The molecule has 2 atom stereocenters. The van der Waals surface area contributed by atoms with Gasteiger partial charge in [0.1, 0.15) is 5.82 Å². The summed E-state index contributed by atoms with van der Waals surface area (Å²) in [5.74, 6) is 1.89. The average molecular weight is 392 g/mol. The number of carbonyl (C=O) groups excluding carboxylic acids is 1. The summed E-state index contributed by atoms with van der Waals surface area (Å²) in [7, 11) is 0. The van der Waals surface area contributed by atoms with Gasteiger partial charge in [0.2, 0.25) is 5.91 Å². The number of aromatic nitrogens is 4. The number of pyridine rings is 2. The number of piperidine rings is 1. The summed E-state index contributed by atoms with van der Waals surface area (Å²) in [5.41, 5.74) is 1.65. The van der Waals surface area contributed by atoms with Gasteiger partial charge in [-0.3, -0.25) is 9.78 Å². The number of aryl methyl sites for hydroxylation is 1. The Kier molecular flexibility index (Phi) is 5.50. The molecule has 1 aliphatic rings. The largest absolute Gasteiger partial charge is 0.356 e. The normalized spacial score (nSPS) is 17.7. The molecule has 1 aliphatic heterocycles. The molecule has 3 aromatic rings. The Morgan fingerprint density at radius 3 is 2.86 bits per heavy atom. The van der Waals surface area contributed by atoms with Gasteiger partial charge in [-0.15, -0.1) is 0 Å². The van der Waals surface area contributed by atoms with Crippen LogP contribution in [0, 0.1) is 12.8 Å². The minimum Gasteiger partial charge on any atom is -0.356 e. The number of hydrogen-bond donors (Lipinski definition) is 1. The molecule has 29 heavy (non-hydrogen) atoms. The predicted octanol–water partition coefficient (Wildman–Crippen LogP) is 2.93. The molecule has 0 spiro atoms. The van der Waals surface area contributed by atoms with Gasteiger partial charge in [0.15, 0.2) is 5.82 Å². The number of anilines is 1. The second-order valence-corrected chi connectivity index (χ2v) is 7.32. The Bertz CT molecular complexity index is 957. The van der Waals surface area contributed by atoms with Crippen molar-refractivity contribution in [2.75, 3.05) is 18.0 Å². The first-order valence-electron chi connectivity index (χ1n) is 9.83. The van der Waals surface area contributed by atoms with E-state index in [1.165, 1.54) is 0 Å². The van der Waals surface area contributed by atoms with Gasteiger partial charge in [-0.1, -0.05) is 11.2 Å². The van der Waals surface area contributed by atoms with Crippen LogP contribution in [0.15, 0.2) is 47.2 Å². The van der Waals surface area contributed by atoms with Gasteiger partial charge in [0.25, 0.3) is 5.89 Å². The average Bonchev–Trinajstić information content (AvgIpc) is 3.21. The second-order valence-electron chi connectivity index (χ2n) is 7.32. The van der Waals surface area contributed by atoms with Crippen LogP contribution in [0.4, 0.5) is 5.82 Å². The quantitative estimate of drug-likeness (QED) is 0.713. The highest BCUT2D eigenvalue weighted by atomic mass is 16.5. The van der Waals surface area contributed by atoms with E-state index < -0.39 is 0 Å². The van der Waals surface area contributed by atoms with Crippen LogP contribution in [0.25, 0.3) is 11.5 Å². The van der Waals surface area contributed by atoms with Crippen LogP contribution in [0.5, 0.6) is 0 Å². The molecule has 0 aromatic carbocycles. The number of amides is 1. The Morgan fingerprint density at radius 1 is 1.28 bits per heavy atom. The van der Waals surface area contributed by atoms with Crippen molar-refractivity contribution in [3.05, 3.63) is 54.2 Å². The zero-order valence-corrected chi connectivity index (χ0v) is 16.6. The van der Waals surface area contributed by atoms with Crippen molar-refractivity contribution in [2.45, 2.75) is 32.7 Å². The van der Waals surface area contributed by atoms with E-state index in [1.807, 2.05) is 37.3 Å². The Morgan fingerprint density at radius 2 is 2.17 bits per heavy atom. The molecule has 0 saturated carbocycles. The fourth-order valence-corrected chi connectivity index (χ4v) is 3.55. The number of carbonyl (C=O) groups is 1. The van der Waals surface area contributed by atoms with Gasteiger partial charge in [-0.25, -0.2) is 4.98 Å². The van der Waals surface area contributed by atoms with E-state index >= 15 is 0 Å². The molecule has 4 heterocycles. The molecule has 1 N–H and O–H groups in total. The van der Waals surface area contributed by atoms with Gasteiger partial charge in [0.05, 0.1) is 23.2 Å². The van der Waals surface area contributed by atoms with Crippen LogP contribution in [0.2, 0.25) is 0 Å². The molecule has 1 saturated heterocycles. The molecule has 4 rings (SSSR count). The zero-order chi connectivity index (χ0) is 20.2. The monoisotopic (exact) mass is 392 g/mol. The Labute approximate surface area is 169 Å². The third-order valence-electron chi connectivity index (χ3n) is 5.13. The van der Waals surface area contributed by atoms with Gasteiger partial charge in [-0.05, 0) is 51.0 Å². The van der Waals surface area contributed by atoms with Gasteiger partial charge in [-0.2, -0.15) is 4.98 Å². The lowest BCUT2D eigenvalue weighted by atomic mass is 9.96. The summed E-state index contributed by atoms with van der Waals surface area (Å²) < 4.78 is 5.18. The Hall–Kier alpha value is -3.29. The maximum absolute atomic E-state index is 12.8. The van der Waals surface area contributed by atoms with Crippen LogP contribution in [-0.4, -0.2) is 39.1 Å². The highest BCUT2D eigenvalue weighted by Gasteiger charge is 2.27. The van der Waals surface area contributed by atoms with Crippen molar-refractivity contribution >= 4 is 11.7 Å². The lowest BCUT2D eigenvalue weighted by Gasteiger charge is -2.33. The standard InChI is InChI=1S/C21H24N6O2/c1-14(18-7-3-4-10-22-18)24-20(28)17-6-5-11-27(13-17)19-9-8-16(12-23-19)21-25-15(2)26-29-21/h3-4,7-10,12,14,17H,5-6,11,13H2,1-2H3,(H,24,28)/t14-,17+/m0/s1. The fraction of sp³-hybridized carbons (Fsp3) is 0.381. The van der Waals surface area contributed by atoms with Crippen LogP contribution >= 0.6 is 0 Å². The summed E-state index contributed by atoms with van der Waals surface area (Å²) in [6, 6.07) is 9.46.